The maximum absolute atomic E-state index is 11.2. The molecule has 1 N–H and O–H groups in total. The Morgan fingerprint density at radius 1 is 1.33 bits per heavy atom. The van der Waals surface area contributed by atoms with E-state index in [1.54, 1.807) is 20.2 Å². The first kappa shape index (κ1) is 14.3. The first-order chi connectivity index (χ1) is 8.70. The number of nitrogens with one attached hydrogen (secondary N) is 1. The number of carbonyl (C=O) groups excluding carboxylic acids is 1. The molecule has 0 atom stereocenters. The smallest absolute Gasteiger partial charge is 0.245 e. The van der Waals surface area contributed by atoms with Gasteiger partial charge in [-0.2, -0.15) is 0 Å². The molecule has 98 valence electrons. The Morgan fingerprint density at radius 3 is 2.72 bits per heavy atom. The Morgan fingerprint density at radius 2 is 2.06 bits per heavy atom. The van der Waals surface area contributed by atoms with Crippen LogP contribution < -0.4 is 10.1 Å². The Hall–Kier alpha value is -1.81. The summed E-state index contributed by atoms with van der Waals surface area (Å²) in [6.07, 6.45) is 3.37. The lowest BCUT2D eigenvalue weighted by molar-refractivity contribution is -0.123. The first-order valence-electron chi connectivity index (χ1n) is 5.96. The zero-order valence-electron chi connectivity index (χ0n) is 10.9. The fourth-order valence-electron chi connectivity index (χ4n) is 1.25. The van der Waals surface area contributed by atoms with Crippen LogP contribution in [0.3, 0.4) is 0 Å². The van der Waals surface area contributed by atoms with Crippen LogP contribution in [0.25, 0.3) is 0 Å². The molecule has 1 amide bonds. The van der Waals surface area contributed by atoms with E-state index in [1.807, 2.05) is 36.4 Å². The molecule has 0 aliphatic heterocycles. The van der Waals surface area contributed by atoms with Crippen molar-refractivity contribution >= 4 is 5.91 Å². The van der Waals surface area contributed by atoms with Gasteiger partial charge in [0.2, 0.25) is 5.91 Å². The fourth-order valence-corrected chi connectivity index (χ4v) is 1.25. The minimum absolute atomic E-state index is 0.00247. The van der Waals surface area contributed by atoms with Gasteiger partial charge in [0.05, 0.1) is 0 Å². The molecule has 0 bridgehead atoms. The van der Waals surface area contributed by atoms with Crippen LogP contribution in [0.5, 0.6) is 5.75 Å². The molecule has 18 heavy (non-hydrogen) atoms. The molecule has 0 aromatic heterocycles. The summed E-state index contributed by atoms with van der Waals surface area (Å²) >= 11 is 0. The van der Waals surface area contributed by atoms with Crippen molar-refractivity contribution in [3.63, 3.8) is 0 Å². The van der Waals surface area contributed by atoms with E-state index in [2.05, 4.69) is 5.32 Å². The van der Waals surface area contributed by atoms with E-state index in [1.165, 1.54) is 4.90 Å². The van der Waals surface area contributed by atoms with Crippen LogP contribution in [0.4, 0.5) is 0 Å². The van der Waals surface area contributed by atoms with Crippen LogP contribution >= 0.6 is 0 Å². The maximum atomic E-state index is 11.2. The van der Waals surface area contributed by atoms with E-state index in [4.69, 9.17) is 4.74 Å². The molecule has 1 rings (SSSR count). The summed E-state index contributed by atoms with van der Waals surface area (Å²) in [5, 5.41) is 3.17. The van der Waals surface area contributed by atoms with Gasteiger partial charge in [-0.05, 0) is 12.1 Å². The summed E-state index contributed by atoms with van der Waals surface area (Å²) in [6, 6.07) is 9.69. The van der Waals surface area contributed by atoms with E-state index in [0.717, 1.165) is 12.3 Å². The van der Waals surface area contributed by atoms with Gasteiger partial charge in [0.25, 0.3) is 0 Å². The van der Waals surface area contributed by atoms with Crippen LogP contribution in [-0.4, -0.2) is 44.6 Å². The second kappa shape index (κ2) is 8.31. The van der Waals surface area contributed by atoms with E-state index in [9.17, 15) is 4.79 Å². The molecular weight excluding hydrogens is 228 g/mol. The van der Waals surface area contributed by atoms with Gasteiger partial charge < -0.3 is 15.0 Å². The highest BCUT2D eigenvalue weighted by Crippen LogP contribution is 2.07. The molecule has 0 saturated heterocycles. The number of benzene rings is 1. The zero-order valence-corrected chi connectivity index (χ0v) is 10.9. The Labute approximate surface area is 108 Å². The minimum atomic E-state index is -0.00247. The largest absolute Gasteiger partial charge is 0.492 e. The van der Waals surface area contributed by atoms with Crippen LogP contribution in [0.15, 0.2) is 42.5 Å². The molecule has 0 aliphatic rings. The van der Waals surface area contributed by atoms with Crippen molar-refractivity contribution in [3.8, 4) is 5.75 Å². The number of hydrogen-bond acceptors (Lipinski definition) is 3. The second-order valence-electron chi connectivity index (χ2n) is 4.00. The normalized spacial score (nSPS) is 10.6. The highest BCUT2D eigenvalue weighted by atomic mass is 16.5. The Balaban J connectivity index is 2.04. The molecule has 0 aliphatic carbocycles. The van der Waals surface area contributed by atoms with Crippen LogP contribution in [0.2, 0.25) is 0 Å². The summed E-state index contributed by atoms with van der Waals surface area (Å²) in [6.45, 7) is 2.02. The van der Waals surface area contributed by atoms with Gasteiger partial charge >= 0.3 is 0 Å². The van der Waals surface area contributed by atoms with Crippen molar-refractivity contribution in [2.24, 2.45) is 0 Å². The molecule has 0 fully saturated rings. The molecule has 0 unspecified atom stereocenters. The molecule has 4 nitrogen and oxygen atoms in total. The molecule has 0 radical (unpaired) electrons. The first-order valence-corrected chi connectivity index (χ1v) is 5.96. The predicted molar refractivity (Wildman–Crippen MR) is 72.6 cm³/mol. The Bertz CT molecular complexity index is 375. The third-order valence-electron chi connectivity index (χ3n) is 2.25. The van der Waals surface area contributed by atoms with Crippen molar-refractivity contribution in [3.05, 3.63) is 42.5 Å². The van der Waals surface area contributed by atoms with Gasteiger partial charge in [-0.3, -0.25) is 4.79 Å². The van der Waals surface area contributed by atoms with Crippen LogP contribution in [-0.2, 0) is 4.79 Å². The molecule has 0 saturated carbocycles. The number of likely N-dealkylation sites (N-methyl/N-ethyl adjacent to an activating group) is 1. The van der Waals surface area contributed by atoms with Gasteiger partial charge in [0.15, 0.2) is 0 Å². The molecule has 0 spiro atoms. The van der Waals surface area contributed by atoms with E-state index in [0.29, 0.717) is 13.2 Å². The average molecular weight is 248 g/mol. The molecular formula is C14H20N2O2. The maximum Gasteiger partial charge on any atom is 0.245 e. The topological polar surface area (TPSA) is 41.6 Å². The van der Waals surface area contributed by atoms with Crippen molar-refractivity contribution < 1.29 is 9.53 Å². The van der Waals surface area contributed by atoms with Crippen molar-refractivity contribution in [1.82, 2.24) is 10.2 Å². The van der Waals surface area contributed by atoms with Gasteiger partial charge in [0.1, 0.15) is 12.4 Å². The minimum Gasteiger partial charge on any atom is -0.492 e. The number of para-hydroxylation sites is 1. The molecule has 1 aromatic carbocycles. The SMILES string of the molecule is CN(C)C(=O)/C=C/CNCCOc1ccccc1. The lowest BCUT2D eigenvalue weighted by Gasteiger charge is -2.06. The van der Waals surface area contributed by atoms with E-state index in [-0.39, 0.29) is 5.91 Å². The molecule has 0 heterocycles. The summed E-state index contributed by atoms with van der Waals surface area (Å²) in [5.41, 5.74) is 0. The zero-order chi connectivity index (χ0) is 13.2. The molecule has 4 heteroatoms. The lowest BCUT2D eigenvalue weighted by atomic mass is 10.3. The number of hydrogen-bond donors (Lipinski definition) is 1. The highest BCUT2D eigenvalue weighted by molar-refractivity contribution is 5.87. The summed E-state index contributed by atoms with van der Waals surface area (Å²) < 4.78 is 5.51. The van der Waals surface area contributed by atoms with E-state index >= 15 is 0 Å². The standard InChI is InChI=1S/C14H20N2O2/c1-16(2)14(17)9-6-10-15-11-12-18-13-7-4-3-5-8-13/h3-9,15H,10-12H2,1-2H3/b9-6+. The fraction of sp³-hybridized carbons (Fsp3) is 0.357. The monoisotopic (exact) mass is 248 g/mol. The Kier molecular flexibility index (Phi) is 6.58. The number of carbonyl (C=O) groups is 1. The lowest BCUT2D eigenvalue weighted by Crippen LogP contribution is -2.22. The van der Waals surface area contributed by atoms with Gasteiger partial charge in [-0.15, -0.1) is 0 Å². The predicted octanol–water partition coefficient (Wildman–Crippen LogP) is 1.30. The number of amides is 1. The third kappa shape index (κ3) is 6.06. The van der Waals surface area contributed by atoms with Crippen molar-refractivity contribution in [2.75, 3.05) is 33.8 Å². The van der Waals surface area contributed by atoms with E-state index < -0.39 is 0 Å². The van der Waals surface area contributed by atoms with Gasteiger partial charge in [-0.1, -0.05) is 24.3 Å². The van der Waals surface area contributed by atoms with Gasteiger partial charge in [0, 0.05) is 33.3 Å². The summed E-state index contributed by atoms with van der Waals surface area (Å²) in [4.78, 5) is 12.7. The summed E-state index contributed by atoms with van der Waals surface area (Å²) in [7, 11) is 3.46. The summed E-state index contributed by atoms with van der Waals surface area (Å²) in [5.74, 6) is 0.870. The quantitative estimate of drug-likeness (QED) is 0.584. The second-order valence-corrected chi connectivity index (χ2v) is 4.00. The number of nitrogens with zero attached hydrogens (tertiary/aromatic N) is 1. The average Bonchev–Trinajstić information content (AvgIpc) is 2.38. The third-order valence-corrected chi connectivity index (χ3v) is 2.25. The van der Waals surface area contributed by atoms with Gasteiger partial charge in [-0.25, -0.2) is 0 Å². The highest BCUT2D eigenvalue weighted by Gasteiger charge is 1.95. The van der Waals surface area contributed by atoms with Crippen LogP contribution in [0.1, 0.15) is 0 Å². The van der Waals surface area contributed by atoms with Crippen LogP contribution in [0, 0.1) is 0 Å². The molecule has 1 aromatic rings. The number of rotatable bonds is 7. The number of ether oxygens (including phenoxy) is 1. The van der Waals surface area contributed by atoms with Crippen molar-refractivity contribution in [2.45, 2.75) is 0 Å². The van der Waals surface area contributed by atoms with Crippen molar-refractivity contribution in [1.29, 1.82) is 0 Å².